The van der Waals surface area contributed by atoms with Crippen molar-refractivity contribution in [1.29, 1.82) is 0 Å². The predicted octanol–water partition coefficient (Wildman–Crippen LogP) is 3.64. The van der Waals surface area contributed by atoms with E-state index in [2.05, 4.69) is 6.58 Å². The SMILES string of the molecule is C=CCN1C(=O)[C@]2(C(C(=O)OCCCC)=C(N)OC3=C2C(=O)CC(C)(C)C3)c2ccccc21. The van der Waals surface area contributed by atoms with Crippen LogP contribution in [0.15, 0.2) is 59.7 Å². The number of ketones is 1. The number of hydrogen-bond donors (Lipinski definition) is 1. The van der Waals surface area contributed by atoms with E-state index in [1.807, 2.05) is 26.8 Å². The fraction of sp³-hybridized carbons (Fsp3) is 0.423. The Labute approximate surface area is 193 Å². The highest BCUT2D eigenvalue weighted by Gasteiger charge is 2.64. The van der Waals surface area contributed by atoms with E-state index >= 15 is 0 Å². The number of hydrogen-bond acceptors (Lipinski definition) is 6. The zero-order valence-corrected chi connectivity index (χ0v) is 19.4. The van der Waals surface area contributed by atoms with Crippen molar-refractivity contribution in [3.8, 4) is 0 Å². The molecule has 0 unspecified atom stereocenters. The number of ether oxygens (including phenoxy) is 2. The molecule has 1 aliphatic carbocycles. The Bertz CT molecular complexity index is 1110. The van der Waals surface area contributed by atoms with E-state index in [9.17, 15) is 14.4 Å². The summed E-state index contributed by atoms with van der Waals surface area (Å²) in [5.41, 5.74) is 5.50. The molecule has 1 aromatic carbocycles. The first-order valence-corrected chi connectivity index (χ1v) is 11.3. The summed E-state index contributed by atoms with van der Waals surface area (Å²) in [6.07, 6.45) is 3.76. The van der Waals surface area contributed by atoms with Crippen LogP contribution in [0.4, 0.5) is 5.69 Å². The van der Waals surface area contributed by atoms with E-state index < -0.39 is 17.3 Å². The second-order valence-electron chi connectivity index (χ2n) is 9.54. The number of carbonyl (C=O) groups is 3. The summed E-state index contributed by atoms with van der Waals surface area (Å²) < 4.78 is 11.4. The molecule has 2 aliphatic heterocycles. The van der Waals surface area contributed by atoms with Crippen molar-refractivity contribution in [3.63, 3.8) is 0 Å². The number of carbonyl (C=O) groups excluding carboxylic acids is 3. The number of benzene rings is 1. The Morgan fingerprint density at radius 2 is 2.00 bits per heavy atom. The third-order valence-corrected chi connectivity index (χ3v) is 6.48. The molecule has 1 amide bonds. The molecule has 4 rings (SSSR count). The van der Waals surface area contributed by atoms with Gasteiger partial charge in [0.15, 0.2) is 5.78 Å². The molecule has 0 bridgehead atoms. The van der Waals surface area contributed by atoms with Crippen molar-refractivity contribution < 1.29 is 23.9 Å². The highest BCUT2D eigenvalue weighted by Crippen LogP contribution is 2.57. The maximum absolute atomic E-state index is 14.2. The molecule has 0 radical (unpaired) electrons. The molecule has 1 atom stereocenters. The Kier molecular flexibility index (Phi) is 5.68. The van der Waals surface area contributed by atoms with Crippen LogP contribution in [0.2, 0.25) is 0 Å². The average molecular weight is 451 g/mol. The van der Waals surface area contributed by atoms with Crippen LogP contribution < -0.4 is 10.6 Å². The van der Waals surface area contributed by atoms with E-state index in [0.717, 1.165) is 6.42 Å². The van der Waals surface area contributed by atoms with Crippen molar-refractivity contribution in [2.75, 3.05) is 18.1 Å². The largest absolute Gasteiger partial charge is 0.462 e. The zero-order chi connectivity index (χ0) is 24.0. The zero-order valence-electron chi connectivity index (χ0n) is 19.4. The summed E-state index contributed by atoms with van der Waals surface area (Å²) in [6, 6.07) is 7.17. The van der Waals surface area contributed by atoms with Gasteiger partial charge in [-0.3, -0.25) is 9.59 Å². The summed E-state index contributed by atoms with van der Waals surface area (Å²) in [7, 11) is 0. The molecule has 7 heteroatoms. The van der Waals surface area contributed by atoms with Crippen LogP contribution in [0, 0.1) is 5.41 Å². The quantitative estimate of drug-likeness (QED) is 0.404. The minimum Gasteiger partial charge on any atom is -0.462 e. The third kappa shape index (κ3) is 3.37. The Morgan fingerprint density at radius 1 is 1.27 bits per heavy atom. The van der Waals surface area contributed by atoms with Gasteiger partial charge < -0.3 is 20.1 Å². The summed E-state index contributed by atoms with van der Waals surface area (Å²) in [6.45, 7) is 10.1. The van der Waals surface area contributed by atoms with Crippen molar-refractivity contribution >= 4 is 23.3 Å². The molecule has 0 aromatic heterocycles. The molecule has 1 spiro atoms. The first kappa shape index (κ1) is 22.8. The van der Waals surface area contributed by atoms with Gasteiger partial charge in [0.05, 0.1) is 12.2 Å². The fourth-order valence-electron chi connectivity index (χ4n) is 5.14. The van der Waals surface area contributed by atoms with Gasteiger partial charge in [-0.2, -0.15) is 0 Å². The maximum atomic E-state index is 14.2. The van der Waals surface area contributed by atoms with Crippen molar-refractivity contribution in [3.05, 3.63) is 65.3 Å². The Balaban J connectivity index is 2.01. The van der Waals surface area contributed by atoms with Crippen LogP contribution in [0.1, 0.15) is 52.0 Å². The van der Waals surface area contributed by atoms with Crippen molar-refractivity contribution in [2.24, 2.45) is 11.1 Å². The third-order valence-electron chi connectivity index (χ3n) is 6.48. The van der Waals surface area contributed by atoms with Gasteiger partial charge in [-0.25, -0.2) is 4.79 Å². The lowest BCUT2D eigenvalue weighted by molar-refractivity contribution is -0.142. The lowest BCUT2D eigenvalue weighted by atomic mass is 9.62. The van der Waals surface area contributed by atoms with E-state index in [1.54, 1.807) is 24.3 Å². The molecule has 174 valence electrons. The number of para-hydroxylation sites is 1. The lowest BCUT2D eigenvalue weighted by Gasteiger charge is -2.42. The van der Waals surface area contributed by atoms with Gasteiger partial charge in [0, 0.05) is 30.6 Å². The smallest absolute Gasteiger partial charge is 0.341 e. The second kappa shape index (κ2) is 8.21. The van der Waals surface area contributed by atoms with E-state index in [0.29, 0.717) is 29.9 Å². The van der Waals surface area contributed by atoms with Gasteiger partial charge in [-0.05, 0) is 17.9 Å². The summed E-state index contributed by atoms with van der Waals surface area (Å²) in [4.78, 5) is 42.8. The van der Waals surface area contributed by atoms with Gasteiger partial charge in [0.1, 0.15) is 16.7 Å². The first-order valence-electron chi connectivity index (χ1n) is 11.3. The van der Waals surface area contributed by atoms with Crippen LogP contribution in [-0.2, 0) is 29.3 Å². The number of unbranched alkanes of at least 4 members (excludes halogenated alkanes) is 1. The number of nitrogens with two attached hydrogens (primary N) is 1. The number of anilines is 1. The van der Waals surface area contributed by atoms with Crippen LogP contribution in [0.3, 0.4) is 0 Å². The van der Waals surface area contributed by atoms with Crippen molar-refractivity contribution in [1.82, 2.24) is 0 Å². The molecule has 1 aromatic rings. The minimum atomic E-state index is -1.70. The Morgan fingerprint density at radius 3 is 2.70 bits per heavy atom. The fourth-order valence-corrected chi connectivity index (χ4v) is 5.14. The van der Waals surface area contributed by atoms with Crippen LogP contribution in [0.25, 0.3) is 0 Å². The molecular weight excluding hydrogens is 420 g/mol. The van der Waals surface area contributed by atoms with Crippen molar-refractivity contribution in [2.45, 2.75) is 51.9 Å². The van der Waals surface area contributed by atoms with E-state index in [1.165, 1.54) is 4.90 Å². The Hall–Kier alpha value is -3.35. The highest BCUT2D eigenvalue weighted by atomic mass is 16.5. The molecule has 2 heterocycles. The van der Waals surface area contributed by atoms with Gasteiger partial charge in [-0.15, -0.1) is 6.58 Å². The molecule has 2 N–H and O–H groups in total. The number of nitrogens with zero attached hydrogens (tertiary/aromatic N) is 1. The highest BCUT2D eigenvalue weighted by molar-refractivity contribution is 6.23. The number of amides is 1. The standard InChI is InChI=1S/C26H30N2O5/c1-5-7-13-32-23(30)21-22(27)33-19-15-25(3,4)14-18(29)20(19)26(21)16-10-8-9-11-17(16)28(12-6-2)24(26)31/h6,8-11H,2,5,7,12-15,27H2,1,3-4H3/t26-/m1/s1. The molecule has 3 aliphatic rings. The molecule has 0 saturated heterocycles. The van der Waals surface area contributed by atoms with E-state index in [4.69, 9.17) is 15.2 Å². The summed E-state index contributed by atoms with van der Waals surface area (Å²) >= 11 is 0. The molecule has 33 heavy (non-hydrogen) atoms. The lowest BCUT2D eigenvalue weighted by Crippen LogP contribution is -2.52. The van der Waals surface area contributed by atoms with Crippen LogP contribution in [0.5, 0.6) is 0 Å². The molecule has 7 nitrogen and oxygen atoms in total. The number of esters is 1. The molecule has 0 fully saturated rings. The van der Waals surface area contributed by atoms with Gasteiger partial charge in [-0.1, -0.05) is 51.5 Å². The second-order valence-corrected chi connectivity index (χ2v) is 9.54. The monoisotopic (exact) mass is 450 g/mol. The van der Waals surface area contributed by atoms with Crippen LogP contribution >= 0.6 is 0 Å². The van der Waals surface area contributed by atoms with Gasteiger partial charge in [0.25, 0.3) is 0 Å². The van der Waals surface area contributed by atoms with E-state index in [-0.39, 0.29) is 47.8 Å². The summed E-state index contributed by atoms with van der Waals surface area (Å²) in [5.74, 6) is -1.23. The number of allylic oxidation sites excluding steroid dienone is 1. The maximum Gasteiger partial charge on any atom is 0.341 e. The average Bonchev–Trinajstić information content (AvgIpc) is 2.96. The summed E-state index contributed by atoms with van der Waals surface area (Å²) in [5, 5.41) is 0. The van der Waals surface area contributed by atoms with Gasteiger partial charge in [0.2, 0.25) is 11.8 Å². The minimum absolute atomic E-state index is 0.116. The normalized spacial score (nSPS) is 23.4. The van der Waals surface area contributed by atoms with Gasteiger partial charge >= 0.3 is 5.97 Å². The topological polar surface area (TPSA) is 98.9 Å². The molecular formula is C26H30N2O5. The number of fused-ring (bicyclic) bond motifs is 3. The predicted molar refractivity (Wildman–Crippen MR) is 124 cm³/mol. The number of Topliss-reactive ketones (excluding diaryl/α,β-unsaturated/α-hetero) is 1. The number of rotatable bonds is 6. The first-order chi connectivity index (χ1) is 15.7. The molecule has 0 saturated carbocycles. The van der Waals surface area contributed by atoms with Crippen LogP contribution in [-0.4, -0.2) is 30.8 Å².